The van der Waals surface area contributed by atoms with Crippen molar-refractivity contribution in [1.29, 1.82) is 0 Å². The second kappa shape index (κ2) is 6.49. The molecule has 1 aromatic heterocycles. The average molecular weight is 327 g/mol. The van der Waals surface area contributed by atoms with Gasteiger partial charge in [-0.3, -0.25) is 0 Å². The first-order chi connectivity index (χ1) is 10.6. The number of ether oxygens (including phenoxy) is 1. The van der Waals surface area contributed by atoms with Gasteiger partial charge in [-0.1, -0.05) is 0 Å². The van der Waals surface area contributed by atoms with Gasteiger partial charge in [0.25, 0.3) is 0 Å². The van der Waals surface area contributed by atoms with E-state index in [0.717, 1.165) is 19.4 Å². The number of aliphatic hydroxyl groups excluding tert-OH is 1. The molecule has 0 aliphatic carbocycles. The van der Waals surface area contributed by atoms with Crippen molar-refractivity contribution in [3.8, 4) is 0 Å². The van der Waals surface area contributed by atoms with E-state index in [4.69, 9.17) is 4.74 Å². The predicted molar refractivity (Wildman–Crippen MR) is 81.3 cm³/mol. The van der Waals surface area contributed by atoms with Crippen LogP contribution in [0.3, 0.4) is 0 Å². The summed E-state index contributed by atoms with van der Waals surface area (Å²) in [5.74, 6) is 0.708. The Kier molecular flexibility index (Phi) is 4.62. The molecular weight excluding hydrogens is 306 g/mol. The number of aliphatic hydroxyl groups is 1. The summed E-state index contributed by atoms with van der Waals surface area (Å²) in [6, 6.07) is 3.31. The van der Waals surface area contributed by atoms with Crippen LogP contribution in [0, 0.1) is 0 Å². The van der Waals surface area contributed by atoms with Crippen molar-refractivity contribution < 1.29 is 18.3 Å². The van der Waals surface area contributed by atoms with Crippen molar-refractivity contribution in [2.24, 2.45) is 0 Å². The Hall–Kier alpha value is -1.22. The van der Waals surface area contributed by atoms with Crippen LogP contribution >= 0.6 is 0 Å². The Morgan fingerprint density at radius 2 is 2.00 bits per heavy atom. The van der Waals surface area contributed by atoms with Crippen molar-refractivity contribution in [2.45, 2.75) is 23.8 Å². The Morgan fingerprint density at radius 3 is 2.64 bits per heavy atom. The summed E-state index contributed by atoms with van der Waals surface area (Å²) in [7, 11) is -3.50. The Morgan fingerprint density at radius 1 is 1.23 bits per heavy atom. The lowest BCUT2D eigenvalue weighted by molar-refractivity contribution is 0.0730. The highest BCUT2D eigenvalue weighted by Crippen LogP contribution is 2.21. The molecule has 7 nitrogen and oxygen atoms in total. The zero-order valence-electron chi connectivity index (χ0n) is 12.4. The molecule has 8 heteroatoms. The Labute approximate surface area is 130 Å². The summed E-state index contributed by atoms with van der Waals surface area (Å²) >= 11 is 0. The molecule has 22 heavy (non-hydrogen) atoms. The lowest BCUT2D eigenvalue weighted by Crippen LogP contribution is -2.41. The SMILES string of the molecule is O=S(=O)(c1ccc(N2CCC[C@@H](O)C2)nc1)N1CCOCC1. The number of pyridine rings is 1. The normalized spacial score (nSPS) is 24.4. The molecule has 0 bridgehead atoms. The first-order valence-electron chi connectivity index (χ1n) is 7.54. The molecule has 3 heterocycles. The third-order valence-corrected chi connectivity index (χ3v) is 5.93. The van der Waals surface area contributed by atoms with E-state index in [1.54, 1.807) is 12.1 Å². The molecule has 3 rings (SSSR count). The molecule has 2 fully saturated rings. The third-order valence-electron chi connectivity index (χ3n) is 4.05. The molecule has 0 amide bonds. The lowest BCUT2D eigenvalue weighted by Gasteiger charge is -2.31. The van der Waals surface area contributed by atoms with Crippen LogP contribution in [0.4, 0.5) is 5.82 Å². The fourth-order valence-corrected chi connectivity index (χ4v) is 4.16. The lowest BCUT2D eigenvalue weighted by atomic mass is 10.1. The van der Waals surface area contributed by atoms with Crippen LogP contribution in [0.1, 0.15) is 12.8 Å². The van der Waals surface area contributed by atoms with Crippen molar-refractivity contribution in [3.63, 3.8) is 0 Å². The van der Waals surface area contributed by atoms with Crippen LogP contribution in [0.2, 0.25) is 0 Å². The minimum atomic E-state index is -3.50. The number of hydrogen-bond donors (Lipinski definition) is 1. The number of anilines is 1. The number of piperidine rings is 1. The minimum absolute atomic E-state index is 0.204. The van der Waals surface area contributed by atoms with Gasteiger partial charge in [0.2, 0.25) is 10.0 Å². The molecular formula is C14H21N3O4S. The van der Waals surface area contributed by atoms with Gasteiger partial charge in [0.05, 0.1) is 19.3 Å². The zero-order chi connectivity index (χ0) is 15.6. The smallest absolute Gasteiger partial charge is 0.244 e. The second-order valence-electron chi connectivity index (χ2n) is 5.61. The van der Waals surface area contributed by atoms with E-state index >= 15 is 0 Å². The van der Waals surface area contributed by atoms with Gasteiger partial charge in [0.15, 0.2) is 0 Å². The number of morpholine rings is 1. The summed E-state index contributed by atoms with van der Waals surface area (Å²) in [5.41, 5.74) is 0. The topological polar surface area (TPSA) is 83.0 Å². The molecule has 0 spiro atoms. The first kappa shape index (κ1) is 15.7. The van der Waals surface area contributed by atoms with E-state index in [9.17, 15) is 13.5 Å². The summed E-state index contributed by atoms with van der Waals surface area (Å²) in [6.07, 6.45) is 2.78. The molecule has 0 unspecified atom stereocenters. The van der Waals surface area contributed by atoms with Gasteiger partial charge in [-0.05, 0) is 25.0 Å². The molecule has 2 saturated heterocycles. The van der Waals surface area contributed by atoms with Gasteiger partial charge in [-0.2, -0.15) is 4.31 Å². The highest BCUT2D eigenvalue weighted by Gasteiger charge is 2.27. The maximum atomic E-state index is 12.5. The van der Waals surface area contributed by atoms with Gasteiger partial charge in [-0.25, -0.2) is 13.4 Å². The van der Waals surface area contributed by atoms with Crippen LogP contribution in [0.5, 0.6) is 0 Å². The van der Waals surface area contributed by atoms with Gasteiger partial charge < -0.3 is 14.7 Å². The molecule has 0 saturated carbocycles. The summed E-state index contributed by atoms with van der Waals surface area (Å²) in [4.78, 5) is 6.47. The predicted octanol–water partition coefficient (Wildman–Crippen LogP) is 0.0636. The molecule has 0 aromatic carbocycles. The maximum Gasteiger partial charge on any atom is 0.244 e. The number of aromatic nitrogens is 1. The van der Waals surface area contributed by atoms with Crippen LogP contribution in [-0.2, 0) is 14.8 Å². The monoisotopic (exact) mass is 327 g/mol. The van der Waals surface area contributed by atoms with Crippen LogP contribution in [0.15, 0.2) is 23.2 Å². The van der Waals surface area contributed by atoms with Gasteiger partial charge >= 0.3 is 0 Å². The standard InChI is InChI=1S/C14H21N3O4S/c18-12-2-1-5-16(11-12)14-4-3-13(10-15-14)22(19,20)17-6-8-21-9-7-17/h3-4,10,12,18H,1-2,5-9,11H2/t12-/m1/s1. The summed E-state index contributed by atoms with van der Waals surface area (Å²) in [6.45, 7) is 2.99. The Balaban J connectivity index is 1.75. The van der Waals surface area contributed by atoms with Crippen LogP contribution in [0.25, 0.3) is 0 Å². The molecule has 2 aliphatic rings. The molecule has 122 valence electrons. The molecule has 2 aliphatic heterocycles. The quantitative estimate of drug-likeness (QED) is 0.845. The highest BCUT2D eigenvalue weighted by molar-refractivity contribution is 7.89. The highest BCUT2D eigenvalue weighted by atomic mass is 32.2. The fourth-order valence-electron chi connectivity index (χ4n) is 2.81. The number of β-amino-alcohol motifs (C(OH)–C–C–N with tert-alkyl or cyclic N) is 1. The van der Waals surface area contributed by atoms with Crippen LogP contribution < -0.4 is 4.90 Å². The maximum absolute atomic E-state index is 12.5. The molecule has 1 atom stereocenters. The van der Waals surface area contributed by atoms with Gasteiger partial charge in [0.1, 0.15) is 10.7 Å². The van der Waals surface area contributed by atoms with E-state index in [1.165, 1.54) is 10.5 Å². The first-order valence-corrected chi connectivity index (χ1v) is 8.98. The van der Waals surface area contributed by atoms with E-state index in [1.807, 2.05) is 4.90 Å². The third kappa shape index (κ3) is 3.24. The molecule has 0 radical (unpaired) electrons. The van der Waals surface area contributed by atoms with Crippen molar-refractivity contribution in [3.05, 3.63) is 18.3 Å². The fraction of sp³-hybridized carbons (Fsp3) is 0.643. The van der Waals surface area contributed by atoms with Gasteiger partial charge in [-0.15, -0.1) is 0 Å². The second-order valence-corrected chi connectivity index (χ2v) is 7.55. The van der Waals surface area contributed by atoms with E-state index in [-0.39, 0.29) is 11.0 Å². The van der Waals surface area contributed by atoms with E-state index in [2.05, 4.69) is 4.98 Å². The van der Waals surface area contributed by atoms with Crippen molar-refractivity contribution in [1.82, 2.24) is 9.29 Å². The summed E-state index contributed by atoms with van der Waals surface area (Å²) in [5, 5.41) is 9.71. The number of rotatable bonds is 3. The van der Waals surface area contributed by atoms with E-state index < -0.39 is 10.0 Å². The van der Waals surface area contributed by atoms with Crippen molar-refractivity contribution >= 4 is 15.8 Å². The number of sulfonamides is 1. The summed E-state index contributed by atoms with van der Waals surface area (Å²) < 4.78 is 31.6. The minimum Gasteiger partial charge on any atom is -0.391 e. The molecule has 1 N–H and O–H groups in total. The molecule has 1 aromatic rings. The number of hydrogen-bond acceptors (Lipinski definition) is 6. The number of nitrogens with zero attached hydrogens (tertiary/aromatic N) is 3. The zero-order valence-corrected chi connectivity index (χ0v) is 13.2. The average Bonchev–Trinajstić information content (AvgIpc) is 2.56. The van der Waals surface area contributed by atoms with E-state index in [0.29, 0.717) is 38.7 Å². The largest absolute Gasteiger partial charge is 0.391 e. The van der Waals surface area contributed by atoms with Crippen molar-refractivity contribution in [2.75, 3.05) is 44.3 Å². The Bertz CT molecular complexity index is 599. The van der Waals surface area contributed by atoms with Gasteiger partial charge in [0, 0.05) is 32.4 Å². The van der Waals surface area contributed by atoms with Crippen LogP contribution in [-0.4, -0.2) is 68.3 Å².